The average molecular weight is 306 g/mol. The SMILES string of the molecule is COc1cc(C(=O)N(C)C2CCNC2)ccc1OCC(C)C. The predicted octanol–water partition coefficient (Wildman–Crippen LogP) is 2.16. The predicted molar refractivity (Wildman–Crippen MR) is 86.7 cm³/mol. The Balaban J connectivity index is 2.12. The number of rotatable bonds is 6. The van der Waals surface area contributed by atoms with Crippen LogP contribution in [0.3, 0.4) is 0 Å². The molecule has 1 aromatic carbocycles. The molecule has 0 bridgehead atoms. The number of ether oxygens (including phenoxy) is 2. The number of amides is 1. The molecule has 0 radical (unpaired) electrons. The van der Waals surface area contributed by atoms with Crippen LogP contribution < -0.4 is 14.8 Å². The zero-order valence-corrected chi connectivity index (χ0v) is 13.9. The summed E-state index contributed by atoms with van der Waals surface area (Å²) in [5, 5.41) is 3.28. The molecule has 5 nitrogen and oxygen atoms in total. The van der Waals surface area contributed by atoms with Crippen LogP contribution in [-0.2, 0) is 0 Å². The number of nitrogens with one attached hydrogen (secondary N) is 1. The van der Waals surface area contributed by atoms with E-state index in [-0.39, 0.29) is 11.9 Å². The molecule has 1 atom stereocenters. The van der Waals surface area contributed by atoms with E-state index in [0.29, 0.717) is 29.6 Å². The number of likely N-dealkylation sites (N-methyl/N-ethyl adjacent to an activating group) is 1. The molecule has 1 fully saturated rings. The maximum atomic E-state index is 12.6. The zero-order chi connectivity index (χ0) is 16.1. The third-order valence-electron chi connectivity index (χ3n) is 3.89. The zero-order valence-electron chi connectivity index (χ0n) is 13.9. The van der Waals surface area contributed by atoms with Gasteiger partial charge in [0.15, 0.2) is 11.5 Å². The molecule has 0 aromatic heterocycles. The van der Waals surface area contributed by atoms with Gasteiger partial charge >= 0.3 is 0 Å². The van der Waals surface area contributed by atoms with Gasteiger partial charge in [-0.1, -0.05) is 13.8 Å². The van der Waals surface area contributed by atoms with Gasteiger partial charge in [-0.15, -0.1) is 0 Å². The summed E-state index contributed by atoms with van der Waals surface area (Å²) >= 11 is 0. The van der Waals surface area contributed by atoms with E-state index in [1.54, 1.807) is 19.2 Å². The first-order valence-electron chi connectivity index (χ1n) is 7.81. The van der Waals surface area contributed by atoms with Crippen molar-refractivity contribution in [2.75, 3.05) is 33.9 Å². The Hall–Kier alpha value is -1.75. The lowest BCUT2D eigenvalue weighted by Crippen LogP contribution is -2.38. The first kappa shape index (κ1) is 16.6. The molecule has 1 aromatic rings. The fourth-order valence-electron chi connectivity index (χ4n) is 2.52. The molecular formula is C17H26N2O3. The third kappa shape index (κ3) is 3.91. The highest BCUT2D eigenvalue weighted by Gasteiger charge is 2.24. The van der Waals surface area contributed by atoms with Gasteiger partial charge in [0.25, 0.3) is 5.91 Å². The summed E-state index contributed by atoms with van der Waals surface area (Å²) in [5.41, 5.74) is 0.628. The molecule has 1 heterocycles. The first-order valence-corrected chi connectivity index (χ1v) is 7.81. The van der Waals surface area contributed by atoms with E-state index >= 15 is 0 Å². The Morgan fingerprint density at radius 2 is 2.18 bits per heavy atom. The van der Waals surface area contributed by atoms with Gasteiger partial charge in [-0.25, -0.2) is 0 Å². The summed E-state index contributed by atoms with van der Waals surface area (Å²) in [4.78, 5) is 14.4. The summed E-state index contributed by atoms with van der Waals surface area (Å²) in [7, 11) is 3.45. The Kier molecular flexibility index (Phi) is 5.66. The van der Waals surface area contributed by atoms with Gasteiger partial charge in [0, 0.05) is 25.2 Å². The van der Waals surface area contributed by atoms with E-state index in [9.17, 15) is 4.79 Å². The Morgan fingerprint density at radius 1 is 1.41 bits per heavy atom. The van der Waals surface area contributed by atoms with E-state index in [0.717, 1.165) is 19.5 Å². The molecule has 0 saturated carbocycles. The highest BCUT2D eigenvalue weighted by atomic mass is 16.5. The number of methoxy groups -OCH3 is 1. The quantitative estimate of drug-likeness (QED) is 0.875. The maximum Gasteiger partial charge on any atom is 0.254 e. The number of carbonyl (C=O) groups is 1. The molecule has 122 valence electrons. The molecule has 0 aliphatic carbocycles. The number of hydrogen-bond donors (Lipinski definition) is 1. The molecule has 1 N–H and O–H groups in total. The Labute approximate surface area is 132 Å². The van der Waals surface area contributed by atoms with Gasteiger partial charge in [0.2, 0.25) is 0 Å². The van der Waals surface area contributed by atoms with Crippen LogP contribution in [0, 0.1) is 5.92 Å². The van der Waals surface area contributed by atoms with Gasteiger partial charge in [0.05, 0.1) is 13.7 Å². The molecular weight excluding hydrogens is 280 g/mol. The normalized spacial score (nSPS) is 17.6. The van der Waals surface area contributed by atoms with Crippen LogP contribution in [0.15, 0.2) is 18.2 Å². The van der Waals surface area contributed by atoms with E-state index in [1.807, 2.05) is 18.0 Å². The molecule has 1 saturated heterocycles. The van der Waals surface area contributed by atoms with E-state index in [1.165, 1.54) is 0 Å². The van der Waals surface area contributed by atoms with Gasteiger partial charge < -0.3 is 19.7 Å². The van der Waals surface area contributed by atoms with Crippen molar-refractivity contribution < 1.29 is 14.3 Å². The van der Waals surface area contributed by atoms with Gasteiger partial charge in [-0.3, -0.25) is 4.79 Å². The lowest BCUT2D eigenvalue weighted by Gasteiger charge is -2.24. The number of nitrogens with zero attached hydrogens (tertiary/aromatic N) is 1. The van der Waals surface area contributed by atoms with Gasteiger partial charge in [0.1, 0.15) is 0 Å². The summed E-state index contributed by atoms with van der Waals surface area (Å²) in [5.74, 6) is 1.73. The highest BCUT2D eigenvalue weighted by Crippen LogP contribution is 2.29. The highest BCUT2D eigenvalue weighted by molar-refractivity contribution is 5.95. The number of benzene rings is 1. The van der Waals surface area contributed by atoms with Crippen LogP contribution >= 0.6 is 0 Å². The van der Waals surface area contributed by atoms with Crippen LogP contribution in [0.1, 0.15) is 30.6 Å². The van der Waals surface area contributed by atoms with Crippen molar-refractivity contribution in [3.63, 3.8) is 0 Å². The summed E-state index contributed by atoms with van der Waals surface area (Å²) in [6, 6.07) is 5.64. The second kappa shape index (κ2) is 7.49. The van der Waals surface area contributed by atoms with Crippen LogP contribution in [0.5, 0.6) is 11.5 Å². The van der Waals surface area contributed by atoms with Crippen molar-refractivity contribution >= 4 is 5.91 Å². The fourth-order valence-corrected chi connectivity index (χ4v) is 2.52. The second-order valence-corrected chi connectivity index (χ2v) is 6.13. The van der Waals surface area contributed by atoms with Crippen molar-refractivity contribution in [3.05, 3.63) is 23.8 Å². The van der Waals surface area contributed by atoms with E-state index in [4.69, 9.17) is 9.47 Å². The van der Waals surface area contributed by atoms with Crippen LogP contribution in [0.25, 0.3) is 0 Å². The molecule has 1 unspecified atom stereocenters. The summed E-state index contributed by atoms with van der Waals surface area (Å²) < 4.78 is 11.1. The average Bonchev–Trinajstić information content (AvgIpc) is 3.05. The molecule has 1 aliphatic heterocycles. The minimum Gasteiger partial charge on any atom is -0.493 e. The standard InChI is InChI=1S/C17H26N2O3/c1-12(2)11-22-15-6-5-13(9-16(15)21-4)17(20)19(3)14-7-8-18-10-14/h5-6,9,12,14,18H,7-8,10-11H2,1-4H3. The minimum absolute atomic E-state index is 0.0161. The molecule has 5 heteroatoms. The second-order valence-electron chi connectivity index (χ2n) is 6.13. The number of hydrogen-bond acceptors (Lipinski definition) is 4. The van der Waals surface area contributed by atoms with Crippen LogP contribution in [0.2, 0.25) is 0 Å². The van der Waals surface area contributed by atoms with E-state index in [2.05, 4.69) is 19.2 Å². The largest absolute Gasteiger partial charge is 0.493 e. The smallest absolute Gasteiger partial charge is 0.254 e. The third-order valence-corrected chi connectivity index (χ3v) is 3.89. The van der Waals surface area contributed by atoms with Crippen molar-refractivity contribution in [2.45, 2.75) is 26.3 Å². The lowest BCUT2D eigenvalue weighted by molar-refractivity contribution is 0.0743. The minimum atomic E-state index is 0.0161. The lowest BCUT2D eigenvalue weighted by atomic mass is 10.1. The number of carbonyl (C=O) groups excluding carboxylic acids is 1. The van der Waals surface area contributed by atoms with E-state index < -0.39 is 0 Å². The van der Waals surface area contributed by atoms with Crippen LogP contribution in [0.4, 0.5) is 0 Å². The molecule has 1 amide bonds. The Morgan fingerprint density at radius 3 is 2.77 bits per heavy atom. The molecule has 0 spiro atoms. The molecule has 2 rings (SSSR count). The molecule has 1 aliphatic rings. The monoisotopic (exact) mass is 306 g/mol. The summed E-state index contributed by atoms with van der Waals surface area (Å²) in [6.45, 7) is 6.63. The van der Waals surface area contributed by atoms with Crippen molar-refractivity contribution in [2.24, 2.45) is 5.92 Å². The Bertz CT molecular complexity index is 511. The topological polar surface area (TPSA) is 50.8 Å². The van der Waals surface area contributed by atoms with Crippen molar-refractivity contribution in [1.29, 1.82) is 0 Å². The van der Waals surface area contributed by atoms with Crippen molar-refractivity contribution in [1.82, 2.24) is 10.2 Å². The van der Waals surface area contributed by atoms with Crippen molar-refractivity contribution in [3.8, 4) is 11.5 Å². The summed E-state index contributed by atoms with van der Waals surface area (Å²) in [6.07, 6.45) is 0.995. The first-order chi connectivity index (χ1) is 10.5. The van der Waals surface area contributed by atoms with Gasteiger partial charge in [-0.2, -0.15) is 0 Å². The molecule has 22 heavy (non-hydrogen) atoms. The maximum absolute atomic E-state index is 12.6. The fraction of sp³-hybridized carbons (Fsp3) is 0.588. The van der Waals surface area contributed by atoms with Gasteiger partial charge in [-0.05, 0) is 37.1 Å². The van der Waals surface area contributed by atoms with Crippen LogP contribution in [-0.4, -0.2) is 50.7 Å².